The van der Waals surface area contributed by atoms with E-state index in [9.17, 15) is 5.11 Å². The lowest BCUT2D eigenvalue weighted by Crippen LogP contribution is -2.22. The Morgan fingerprint density at radius 2 is 2.10 bits per heavy atom. The average Bonchev–Trinajstić information content (AvgIpc) is 2.44. The molecule has 1 nitrogen and oxygen atoms in total. The van der Waals surface area contributed by atoms with Crippen molar-refractivity contribution in [2.45, 2.75) is 32.8 Å². The Hall–Kier alpha value is -0.480. The van der Waals surface area contributed by atoms with Gasteiger partial charge in [-0.25, -0.2) is 0 Å². The van der Waals surface area contributed by atoms with E-state index >= 15 is 0 Å². The molecular formula is C9H14O. The molecule has 0 saturated heterocycles. The molecule has 0 aliphatic heterocycles. The van der Waals surface area contributed by atoms with Gasteiger partial charge in [0.15, 0.2) is 0 Å². The molecule has 1 aliphatic rings. The maximum atomic E-state index is 9.49. The first-order chi connectivity index (χ1) is 4.55. The van der Waals surface area contributed by atoms with Crippen LogP contribution in [-0.4, -0.2) is 10.7 Å². The summed E-state index contributed by atoms with van der Waals surface area (Å²) < 4.78 is 0. The fraction of sp³-hybridized carbons (Fsp3) is 0.778. The van der Waals surface area contributed by atoms with Crippen molar-refractivity contribution in [3.05, 3.63) is 0 Å². The summed E-state index contributed by atoms with van der Waals surface area (Å²) >= 11 is 0. The van der Waals surface area contributed by atoms with Crippen LogP contribution >= 0.6 is 0 Å². The van der Waals surface area contributed by atoms with Gasteiger partial charge >= 0.3 is 0 Å². The van der Waals surface area contributed by atoms with Gasteiger partial charge in [-0.3, -0.25) is 0 Å². The minimum atomic E-state index is -0.519. The molecule has 1 aliphatic carbocycles. The van der Waals surface area contributed by atoms with Crippen LogP contribution < -0.4 is 0 Å². The van der Waals surface area contributed by atoms with Crippen molar-refractivity contribution in [1.29, 1.82) is 0 Å². The Kier molecular flexibility index (Phi) is 1.74. The highest BCUT2D eigenvalue weighted by atomic mass is 16.3. The van der Waals surface area contributed by atoms with Crippen molar-refractivity contribution < 1.29 is 5.11 Å². The minimum absolute atomic E-state index is 0.417. The second-order valence-corrected chi connectivity index (χ2v) is 3.50. The van der Waals surface area contributed by atoms with Gasteiger partial charge in [-0.2, -0.15) is 0 Å². The molecule has 0 aromatic rings. The molecule has 1 fully saturated rings. The fourth-order valence-corrected chi connectivity index (χ4v) is 1.32. The third kappa shape index (κ3) is 1.52. The van der Waals surface area contributed by atoms with Crippen LogP contribution in [0.15, 0.2) is 0 Å². The quantitative estimate of drug-likeness (QED) is 0.543. The molecule has 1 heteroatoms. The molecule has 0 heterocycles. The van der Waals surface area contributed by atoms with Crippen LogP contribution in [0.2, 0.25) is 0 Å². The second kappa shape index (κ2) is 2.29. The van der Waals surface area contributed by atoms with Crippen molar-refractivity contribution in [2.24, 2.45) is 11.8 Å². The molecule has 2 unspecified atom stereocenters. The highest BCUT2D eigenvalue weighted by Crippen LogP contribution is 2.45. The predicted molar refractivity (Wildman–Crippen MR) is 41.3 cm³/mol. The van der Waals surface area contributed by atoms with Gasteiger partial charge in [-0.05, 0) is 27.2 Å². The van der Waals surface area contributed by atoms with Crippen molar-refractivity contribution in [1.82, 2.24) is 0 Å². The van der Waals surface area contributed by atoms with Crippen LogP contribution in [0, 0.1) is 23.7 Å². The summed E-state index contributed by atoms with van der Waals surface area (Å²) in [7, 11) is 0. The minimum Gasteiger partial charge on any atom is -0.390 e. The van der Waals surface area contributed by atoms with E-state index in [1.165, 1.54) is 0 Å². The van der Waals surface area contributed by atoms with Crippen LogP contribution in [0.1, 0.15) is 27.2 Å². The van der Waals surface area contributed by atoms with Crippen LogP contribution in [0.25, 0.3) is 0 Å². The van der Waals surface area contributed by atoms with Crippen LogP contribution in [0.4, 0.5) is 0 Å². The predicted octanol–water partition coefficient (Wildman–Crippen LogP) is 1.42. The molecule has 0 spiro atoms. The highest BCUT2D eigenvalue weighted by Gasteiger charge is 2.45. The van der Waals surface area contributed by atoms with E-state index in [0.717, 1.165) is 6.42 Å². The largest absolute Gasteiger partial charge is 0.390 e. The van der Waals surface area contributed by atoms with E-state index < -0.39 is 5.60 Å². The lowest BCUT2D eigenvalue weighted by Gasteiger charge is -2.15. The number of hydrogen-bond donors (Lipinski definition) is 1. The average molecular weight is 138 g/mol. The SMILES string of the molecule is CC#CC1CC1C(C)(C)O. The van der Waals surface area contributed by atoms with Crippen LogP contribution in [-0.2, 0) is 0 Å². The van der Waals surface area contributed by atoms with Gasteiger partial charge in [0.1, 0.15) is 0 Å². The summed E-state index contributed by atoms with van der Waals surface area (Å²) in [6.45, 7) is 5.56. The van der Waals surface area contributed by atoms with E-state index in [2.05, 4.69) is 11.8 Å². The molecule has 1 rings (SSSR count). The van der Waals surface area contributed by atoms with Gasteiger partial charge in [-0.15, -0.1) is 5.92 Å². The molecule has 2 atom stereocenters. The molecule has 1 saturated carbocycles. The van der Waals surface area contributed by atoms with Gasteiger partial charge < -0.3 is 5.11 Å². The lowest BCUT2D eigenvalue weighted by atomic mass is 10.0. The molecule has 0 aromatic carbocycles. The van der Waals surface area contributed by atoms with Crippen LogP contribution in [0.3, 0.4) is 0 Å². The first-order valence-corrected chi connectivity index (χ1v) is 3.70. The van der Waals surface area contributed by atoms with E-state index in [1.807, 2.05) is 20.8 Å². The standard InChI is InChI=1S/C9H14O/c1-4-5-7-6-8(7)9(2,3)10/h7-8,10H,6H2,1-3H3. The zero-order chi connectivity index (χ0) is 7.78. The third-order valence-electron chi connectivity index (χ3n) is 2.03. The van der Waals surface area contributed by atoms with Gasteiger partial charge in [0.25, 0.3) is 0 Å². The first kappa shape index (κ1) is 7.63. The van der Waals surface area contributed by atoms with Gasteiger partial charge in [0.2, 0.25) is 0 Å². The summed E-state index contributed by atoms with van der Waals surface area (Å²) in [6.07, 6.45) is 1.07. The maximum Gasteiger partial charge on any atom is 0.0632 e. The smallest absolute Gasteiger partial charge is 0.0632 e. The topological polar surface area (TPSA) is 20.2 Å². The number of hydrogen-bond acceptors (Lipinski definition) is 1. The van der Waals surface area contributed by atoms with Crippen molar-refractivity contribution in [3.63, 3.8) is 0 Å². The highest BCUT2D eigenvalue weighted by molar-refractivity contribution is 5.14. The maximum absolute atomic E-state index is 9.49. The Labute approximate surface area is 62.4 Å². The van der Waals surface area contributed by atoms with Gasteiger partial charge in [0.05, 0.1) is 5.60 Å². The fourth-order valence-electron chi connectivity index (χ4n) is 1.32. The summed E-state index contributed by atoms with van der Waals surface area (Å²) in [6, 6.07) is 0. The lowest BCUT2D eigenvalue weighted by molar-refractivity contribution is 0.0537. The molecule has 56 valence electrons. The summed E-state index contributed by atoms with van der Waals surface area (Å²) in [5.41, 5.74) is -0.519. The van der Waals surface area contributed by atoms with E-state index in [4.69, 9.17) is 0 Å². The number of rotatable bonds is 1. The first-order valence-electron chi connectivity index (χ1n) is 3.70. The van der Waals surface area contributed by atoms with Crippen molar-refractivity contribution in [3.8, 4) is 11.8 Å². The summed E-state index contributed by atoms with van der Waals surface area (Å²) in [5, 5.41) is 9.49. The second-order valence-electron chi connectivity index (χ2n) is 3.50. The van der Waals surface area contributed by atoms with E-state index in [1.54, 1.807) is 0 Å². The van der Waals surface area contributed by atoms with Crippen molar-refractivity contribution >= 4 is 0 Å². The van der Waals surface area contributed by atoms with Gasteiger partial charge in [-0.1, -0.05) is 5.92 Å². The van der Waals surface area contributed by atoms with E-state index in [-0.39, 0.29) is 0 Å². The summed E-state index contributed by atoms with van der Waals surface area (Å²) in [4.78, 5) is 0. The zero-order valence-electron chi connectivity index (χ0n) is 6.81. The molecule has 0 radical (unpaired) electrons. The summed E-state index contributed by atoms with van der Waals surface area (Å²) in [5.74, 6) is 6.82. The molecule has 0 aromatic heterocycles. The number of aliphatic hydroxyl groups is 1. The monoisotopic (exact) mass is 138 g/mol. The Morgan fingerprint density at radius 3 is 2.40 bits per heavy atom. The molecule has 0 bridgehead atoms. The molecule has 10 heavy (non-hydrogen) atoms. The molecular weight excluding hydrogens is 124 g/mol. The Morgan fingerprint density at radius 1 is 1.50 bits per heavy atom. The molecule has 1 N–H and O–H groups in total. The van der Waals surface area contributed by atoms with Gasteiger partial charge in [0, 0.05) is 11.8 Å². The Balaban J connectivity index is 2.44. The van der Waals surface area contributed by atoms with E-state index in [0.29, 0.717) is 11.8 Å². The van der Waals surface area contributed by atoms with Crippen molar-refractivity contribution in [2.75, 3.05) is 0 Å². The Bertz CT molecular complexity index is 177. The molecule has 0 amide bonds. The zero-order valence-corrected chi connectivity index (χ0v) is 6.81. The normalized spacial score (nSPS) is 30.8. The third-order valence-corrected chi connectivity index (χ3v) is 2.03. The van der Waals surface area contributed by atoms with Crippen LogP contribution in [0.5, 0.6) is 0 Å².